The molecule has 3 aromatic carbocycles. The molecule has 1 atom stereocenters. The first kappa shape index (κ1) is 22.2. The quantitative estimate of drug-likeness (QED) is 0.289. The maximum atomic E-state index is 12.5. The van der Waals surface area contributed by atoms with E-state index in [2.05, 4.69) is 16.0 Å². The number of halogens is 1. The second-order valence-electron chi connectivity index (χ2n) is 6.73. The van der Waals surface area contributed by atoms with Crippen LogP contribution in [-0.4, -0.2) is 16.3 Å². The Balaban J connectivity index is 1.57. The van der Waals surface area contributed by atoms with E-state index in [4.69, 9.17) is 23.8 Å². The molecule has 0 aromatic heterocycles. The lowest BCUT2D eigenvalue weighted by Crippen LogP contribution is -2.22. The van der Waals surface area contributed by atoms with E-state index in [1.807, 2.05) is 68.4 Å². The maximum absolute atomic E-state index is 12.5. The Morgan fingerprint density at radius 1 is 0.900 bits per heavy atom. The van der Waals surface area contributed by atoms with Crippen LogP contribution in [0.15, 0.2) is 77.7 Å². The molecule has 0 saturated carbocycles. The van der Waals surface area contributed by atoms with Crippen molar-refractivity contribution in [3.8, 4) is 0 Å². The molecule has 30 heavy (non-hydrogen) atoms. The third-order valence-corrected chi connectivity index (χ3v) is 5.71. The Kier molecular flexibility index (Phi) is 7.74. The number of benzene rings is 3. The van der Waals surface area contributed by atoms with E-state index >= 15 is 0 Å². The summed E-state index contributed by atoms with van der Waals surface area (Å²) in [5, 5.41) is 10.1. The van der Waals surface area contributed by atoms with Gasteiger partial charge < -0.3 is 16.0 Å². The molecule has 154 valence electrons. The molecule has 0 saturated heterocycles. The van der Waals surface area contributed by atoms with Crippen LogP contribution in [0.4, 0.5) is 17.1 Å². The number of nitrogens with one attached hydrogen (secondary N) is 3. The molecule has 0 aliphatic rings. The first-order valence-electron chi connectivity index (χ1n) is 9.37. The number of carbonyl (C=O) groups excluding carboxylic acids is 1. The summed E-state index contributed by atoms with van der Waals surface area (Å²) in [5.41, 5.74) is 3.66. The van der Waals surface area contributed by atoms with E-state index in [1.165, 1.54) is 17.3 Å². The van der Waals surface area contributed by atoms with Gasteiger partial charge in [0.05, 0.1) is 5.25 Å². The van der Waals surface area contributed by atoms with Gasteiger partial charge in [0, 0.05) is 27.0 Å². The molecule has 0 aliphatic carbocycles. The van der Waals surface area contributed by atoms with Gasteiger partial charge in [-0.15, -0.1) is 11.8 Å². The van der Waals surface area contributed by atoms with Crippen molar-refractivity contribution in [2.75, 3.05) is 16.0 Å². The molecule has 4 nitrogen and oxygen atoms in total. The molecule has 1 amide bonds. The summed E-state index contributed by atoms with van der Waals surface area (Å²) in [6, 6.07) is 22.9. The molecule has 7 heteroatoms. The van der Waals surface area contributed by atoms with Crippen molar-refractivity contribution in [3.05, 3.63) is 83.4 Å². The third-order valence-electron chi connectivity index (χ3n) is 4.18. The summed E-state index contributed by atoms with van der Waals surface area (Å²) in [7, 11) is 0. The minimum Gasteiger partial charge on any atom is -0.332 e. The highest BCUT2D eigenvalue weighted by Crippen LogP contribution is 2.27. The summed E-state index contributed by atoms with van der Waals surface area (Å²) in [6.07, 6.45) is 0. The lowest BCUT2D eigenvalue weighted by molar-refractivity contribution is -0.115. The lowest BCUT2D eigenvalue weighted by Gasteiger charge is -2.14. The third kappa shape index (κ3) is 6.76. The second kappa shape index (κ2) is 10.5. The molecule has 0 heterocycles. The van der Waals surface area contributed by atoms with Crippen molar-refractivity contribution in [1.82, 2.24) is 0 Å². The van der Waals surface area contributed by atoms with Gasteiger partial charge in [0.2, 0.25) is 5.91 Å². The molecular formula is C23H22ClN3OS2. The second-order valence-corrected chi connectivity index (χ2v) is 8.99. The van der Waals surface area contributed by atoms with E-state index in [0.29, 0.717) is 15.8 Å². The SMILES string of the molecule is Cc1ccc(NC(=S)Nc2cccc(SC(C)C(=O)Nc3cccc(Cl)c3)c2)cc1. The van der Waals surface area contributed by atoms with Crippen LogP contribution in [0.5, 0.6) is 0 Å². The molecular weight excluding hydrogens is 434 g/mol. The maximum Gasteiger partial charge on any atom is 0.237 e. The van der Waals surface area contributed by atoms with E-state index in [0.717, 1.165) is 16.3 Å². The van der Waals surface area contributed by atoms with Crippen LogP contribution < -0.4 is 16.0 Å². The van der Waals surface area contributed by atoms with E-state index < -0.39 is 0 Å². The number of aryl methyl sites for hydroxylation is 1. The monoisotopic (exact) mass is 455 g/mol. The molecule has 3 N–H and O–H groups in total. The van der Waals surface area contributed by atoms with Crippen LogP contribution in [0.25, 0.3) is 0 Å². The Morgan fingerprint density at radius 3 is 2.23 bits per heavy atom. The zero-order valence-corrected chi connectivity index (χ0v) is 19.0. The van der Waals surface area contributed by atoms with Crippen LogP contribution in [0.3, 0.4) is 0 Å². The van der Waals surface area contributed by atoms with Crippen molar-refractivity contribution in [2.45, 2.75) is 24.0 Å². The Bertz CT molecular complexity index is 1040. The van der Waals surface area contributed by atoms with Crippen molar-refractivity contribution < 1.29 is 4.79 Å². The van der Waals surface area contributed by atoms with E-state index in [9.17, 15) is 4.79 Å². The number of carbonyl (C=O) groups is 1. The fourth-order valence-electron chi connectivity index (χ4n) is 2.65. The topological polar surface area (TPSA) is 53.2 Å². The van der Waals surface area contributed by atoms with Gasteiger partial charge in [-0.1, -0.05) is 41.4 Å². The van der Waals surface area contributed by atoms with Gasteiger partial charge in [0.1, 0.15) is 0 Å². The molecule has 0 radical (unpaired) electrons. The Labute approximate surface area is 191 Å². The Hall–Kier alpha value is -2.54. The zero-order chi connectivity index (χ0) is 21.5. The van der Waals surface area contributed by atoms with E-state index in [1.54, 1.807) is 18.2 Å². The predicted molar refractivity (Wildman–Crippen MR) is 133 cm³/mol. The number of hydrogen-bond donors (Lipinski definition) is 3. The van der Waals surface area contributed by atoms with Crippen LogP contribution in [0, 0.1) is 6.92 Å². The normalized spacial score (nSPS) is 11.4. The number of rotatable bonds is 6. The minimum absolute atomic E-state index is 0.0859. The molecule has 3 aromatic rings. The van der Waals surface area contributed by atoms with Crippen molar-refractivity contribution in [3.63, 3.8) is 0 Å². The van der Waals surface area contributed by atoms with Gasteiger partial charge in [-0.25, -0.2) is 0 Å². The molecule has 3 rings (SSSR count). The number of thiocarbonyl (C=S) groups is 1. The highest BCUT2D eigenvalue weighted by atomic mass is 35.5. The van der Waals surface area contributed by atoms with E-state index in [-0.39, 0.29) is 11.2 Å². The first-order chi connectivity index (χ1) is 14.4. The first-order valence-corrected chi connectivity index (χ1v) is 11.0. The zero-order valence-electron chi connectivity index (χ0n) is 16.6. The fraction of sp³-hybridized carbons (Fsp3) is 0.130. The van der Waals surface area contributed by atoms with Crippen LogP contribution in [0.2, 0.25) is 5.02 Å². The van der Waals surface area contributed by atoms with Gasteiger partial charge in [0.15, 0.2) is 5.11 Å². The molecule has 0 bridgehead atoms. The molecule has 1 unspecified atom stereocenters. The van der Waals surface area contributed by atoms with Gasteiger partial charge in [-0.3, -0.25) is 4.79 Å². The predicted octanol–water partition coefficient (Wildman–Crippen LogP) is 6.58. The van der Waals surface area contributed by atoms with Crippen molar-refractivity contribution in [2.24, 2.45) is 0 Å². The summed E-state index contributed by atoms with van der Waals surface area (Å²) < 4.78 is 0. The number of thioether (sulfide) groups is 1. The summed E-state index contributed by atoms with van der Waals surface area (Å²) in [6.45, 7) is 3.91. The summed E-state index contributed by atoms with van der Waals surface area (Å²) >= 11 is 12.9. The fourth-order valence-corrected chi connectivity index (χ4v) is 4.00. The van der Waals surface area contributed by atoms with Gasteiger partial charge in [-0.2, -0.15) is 0 Å². The van der Waals surface area contributed by atoms with Crippen molar-refractivity contribution >= 4 is 63.7 Å². The standard InChI is InChI=1S/C23H22ClN3OS2/c1-15-9-11-18(12-10-15)26-23(29)27-20-7-4-8-21(14-20)30-16(2)22(28)25-19-6-3-5-17(24)13-19/h3-14,16H,1-2H3,(H,25,28)(H2,26,27,29). The number of anilines is 3. The molecule has 0 aliphatic heterocycles. The highest BCUT2D eigenvalue weighted by Gasteiger charge is 2.15. The van der Waals surface area contributed by atoms with Gasteiger partial charge >= 0.3 is 0 Å². The summed E-state index contributed by atoms with van der Waals surface area (Å²) in [4.78, 5) is 13.5. The average Bonchev–Trinajstić information content (AvgIpc) is 2.70. The number of hydrogen-bond acceptors (Lipinski definition) is 3. The summed E-state index contributed by atoms with van der Waals surface area (Å²) in [5.74, 6) is -0.0859. The highest BCUT2D eigenvalue weighted by molar-refractivity contribution is 8.00. The number of amides is 1. The minimum atomic E-state index is -0.281. The van der Waals surface area contributed by atoms with Crippen molar-refractivity contribution in [1.29, 1.82) is 0 Å². The molecule has 0 fully saturated rings. The lowest BCUT2D eigenvalue weighted by atomic mass is 10.2. The largest absolute Gasteiger partial charge is 0.332 e. The molecule has 0 spiro atoms. The van der Waals surface area contributed by atoms with Crippen LogP contribution in [-0.2, 0) is 4.79 Å². The van der Waals surface area contributed by atoms with Gasteiger partial charge in [0.25, 0.3) is 0 Å². The smallest absolute Gasteiger partial charge is 0.237 e. The van der Waals surface area contributed by atoms with Gasteiger partial charge in [-0.05, 0) is 74.6 Å². The van der Waals surface area contributed by atoms with Crippen LogP contribution in [0.1, 0.15) is 12.5 Å². The Morgan fingerprint density at radius 2 is 1.53 bits per heavy atom. The average molecular weight is 456 g/mol. The van der Waals surface area contributed by atoms with Crippen LogP contribution >= 0.6 is 35.6 Å².